The average molecular weight is 430 g/mol. The van der Waals surface area contributed by atoms with Crippen LogP contribution in [0.15, 0.2) is 60.3 Å². The molecule has 8 heteroatoms. The van der Waals surface area contributed by atoms with Gasteiger partial charge in [-0.25, -0.2) is 18.6 Å². The van der Waals surface area contributed by atoms with Gasteiger partial charge in [0.25, 0.3) is 0 Å². The van der Waals surface area contributed by atoms with Gasteiger partial charge in [0.2, 0.25) is 0 Å². The molecule has 1 aromatic carbocycles. The molecule has 3 N–H and O–H groups in total. The van der Waals surface area contributed by atoms with E-state index in [-0.39, 0.29) is 28.6 Å². The van der Waals surface area contributed by atoms with Crippen molar-refractivity contribution in [3.05, 3.63) is 88.1 Å². The van der Waals surface area contributed by atoms with Crippen molar-refractivity contribution < 1.29 is 18.3 Å². The number of hydrogen-bond donors (Lipinski definition) is 2. The first-order chi connectivity index (χ1) is 14.3. The van der Waals surface area contributed by atoms with Crippen molar-refractivity contribution in [3.63, 3.8) is 0 Å². The number of nitrogen functional groups attached to an aromatic ring is 1. The van der Waals surface area contributed by atoms with E-state index in [0.29, 0.717) is 5.57 Å². The number of esters is 1. The maximum Gasteiger partial charge on any atom is 0.358 e. The summed E-state index contributed by atoms with van der Waals surface area (Å²) < 4.78 is 35.9. The number of nitrogens with zero attached hydrogens (tertiary/aromatic N) is 1. The predicted octanol–water partition coefficient (Wildman–Crippen LogP) is 4.35. The molecule has 1 aromatic heterocycles. The van der Waals surface area contributed by atoms with Gasteiger partial charge in [-0.15, -0.1) is 0 Å². The largest absolute Gasteiger partial charge is 0.456 e. The summed E-state index contributed by atoms with van der Waals surface area (Å²) in [4.78, 5) is 16.6. The van der Waals surface area contributed by atoms with E-state index in [1.54, 1.807) is 42.6 Å². The number of carbonyl (C=O) groups is 1. The molecule has 0 saturated heterocycles. The molecule has 154 valence electrons. The van der Waals surface area contributed by atoms with Gasteiger partial charge in [-0.2, -0.15) is 0 Å². The first-order valence-electron chi connectivity index (χ1n) is 9.20. The first kappa shape index (κ1) is 20.1. The zero-order chi connectivity index (χ0) is 21.5. The van der Waals surface area contributed by atoms with Gasteiger partial charge in [0.05, 0.1) is 16.8 Å². The van der Waals surface area contributed by atoms with Crippen molar-refractivity contribution in [2.75, 3.05) is 5.73 Å². The monoisotopic (exact) mass is 429 g/mol. The number of pyridine rings is 1. The minimum absolute atomic E-state index is 0.0302. The number of anilines is 1. The lowest BCUT2D eigenvalue weighted by Crippen LogP contribution is -2.45. The number of rotatable bonds is 4. The van der Waals surface area contributed by atoms with E-state index in [4.69, 9.17) is 22.1 Å². The van der Waals surface area contributed by atoms with Crippen LogP contribution in [-0.2, 0) is 11.3 Å². The first-order valence-corrected chi connectivity index (χ1v) is 9.58. The van der Waals surface area contributed by atoms with E-state index in [9.17, 15) is 9.18 Å². The van der Waals surface area contributed by atoms with Crippen molar-refractivity contribution in [1.29, 1.82) is 0 Å². The molecule has 1 aliphatic carbocycles. The van der Waals surface area contributed by atoms with Crippen LogP contribution in [0.2, 0.25) is 5.02 Å². The summed E-state index contributed by atoms with van der Waals surface area (Å²) in [6.07, 6.45) is 6.46. The number of hydrogen-bond acceptors (Lipinski definition) is 5. The fourth-order valence-corrected chi connectivity index (χ4v) is 3.73. The lowest BCUT2D eigenvalue weighted by molar-refractivity contribution is 0.0465. The van der Waals surface area contributed by atoms with Crippen LogP contribution in [-0.4, -0.2) is 22.7 Å². The summed E-state index contributed by atoms with van der Waals surface area (Å²) in [5.41, 5.74) is 3.96. The number of ether oxygens (including phenoxy) is 1. The second-order valence-electron chi connectivity index (χ2n) is 7.17. The van der Waals surface area contributed by atoms with Crippen molar-refractivity contribution in [1.82, 2.24) is 10.3 Å². The van der Waals surface area contributed by atoms with Crippen LogP contribution in [0.25, 0.3) is 5.57 Å². The van der Waals surface area contributed by atoms with Crippen molar-refractivity contribution >= 4 is 28.8 Å². The number of alkyl halides is 1. The molecule has 2 atom stereocenters. The second-order valence-corrected chi connectivity index (χ2v) is 7.55. The van der Waals surface area contributed by atoms with E-state index in [1.807, 2.05) is 6.07 Å². The van der Waals surface area contributed by atoms with E-state index in [1.165, 1.54) is 13.0 Å². The Morgan fingerprint density at radius 2 is 2.07 bits per heavy atom. The zero-order valence-corrected chi connectivity index (χ0v) is 16.7. The minimum atomic E-state index is -2.01. The number of halogens is 3. The van der Waals surface area contributed by atoms with Crippen molar-refractivity contribution in [2.24, 2.45) is 0 Å². The standard InChI is InChI=1S/C22H18ClF2N3O2/c1-22(25)14(8-7-13-9-10-27-20(13)22)18-16(24)17(26)15(23)19(28-18)21(29)30-11-12-5-3-2-4-6-12/h2-10,20,27H,11H2,1H3,(H2,26,28). The SMILES string of the molecule is CC1(F)C(c2nc(C(=O)OCc3ccccc3)c(Cl)c(N)c2F)=CC=C2C=CNC21. The molecular weight excluding hydrogens is 412 g/mol. The molecule has 1 aliphatic heterocycles. The molecule has 0 bridgehead atoms. The molecule has 2 unspecified atom stereocenters. The minimum Gasteiger partial charge on any atom is -0.456 e. The molecule has 0 radical (unpaired) electrons. The van der Waals surface area contributed by atoms with Gasteiger partial charge in [-0.05, 0) is 30.3 Å². The zero-order valence-electron chi connectivity index (χ0n) is 16.0. The number of carbonyl (C=O) groups excluding carboxylic acids is 1. The van der Waals surface area contributed by atoms with E-state index < -0.39 is 29.2 Å². The third-order valence-electron chi connectivity index (χ3n) is 5.16. The van der Waals surface area contributed by atoms with Gasteiger partial charge in [0.15, 0.2) is 17.2 Å². The van der Waals surface area contributed by atoms with E-state index in [2.05, 4.69) is 10.3 Å². The summed E-state index contributed by atoms with van der Waals surface area (Å²) in [6, 6.07) is 8.28. The van der Waals surface area contributed by atoms with Gasteiger partial charge < -0.3 is 15.8 Å². The lowest BCUT2D eigenvalue weighted by Gasteiger charge is -2.34. The maximum atomic E-state index is 15.7. The topological polar surface area (TPSA) is 77.2 Å². The fourth-order valence-electron chi connectivity index (χ4n) is 3.53. The van der Waals surface area contributed by atoms with Crippen LogP contribution in [0.1, 0.15) is 28.7 Å². The Bertz CT molecular complexity index is 1110. The molecule has 2 aliphatic rings. The summed E-state index contributed by atoms with van der Waals surface area (Å²) in [7, 11) is 0. The number of fused-ring (bicyclic) bond motifs is 1. The molecule has 5 nitrogen and oxygen atoms in total. The predicted molar refractivity (Wildman–Crippen MR) is 111 cm³/mol. The van der Waals surface area contributed by atoms with Gasteiger partial charge in [-0.1, -0.05) is 54.1 Å². The van der Waals surface area contributed by atoms with E-state index in [0.717, 1.165) is 5.56 Å². The Labute approximate surface area is 176 Å². The number of nitrogens with two attached hydrogens (primary N) is 1. The average Bonchev–Trinajstić information content (AvgIpc) is 3.22. The van der Waals surface area contributed by atoms with Gasteiger partial charge in [0.1, 0.15) is 12.3 Å². The number of benzene rings is 1. The maximum absolute atomic E-state index is 15.7. The molecule has 30 heavy (non-hydrogen) atoms. The Hall–Kier alpha value is -3.19. The van der Waals surface area contributed by atoms with Crippen LogP contribution >= 0.6 is 11.6 Å². The molecule has 0 saturated carbocycles. The van der Waals surface area contributed by atoms with Crippen molar-refractivity contribution in [3.8, 4) is 0 Å². The molecular formula is C22H18ClF2N3O2. The smallest absolute Gasteiger partial charge is 0.358 e. The third-order valence-corrected chi connectivity index (χ3v) is 5.54. The molecule has 4 rings (SSSR count). The Morgan fingerprint density at radius 3 is 2.80 bits per heavy atom. The van der Waals surface area contributed by atoms with Crippen LogP contribution in [0.4, 0.5) is 14.5 Å². The van der Waals surface area contributed by atoms with Gasteiger partial charge in [-0.3, -0.25) is 0 Å². The third kappa shape index (κ3) is 3.35. The highest BCUT2D eigenvalue weighted by Gasteiger charge is 2.45. The van der Waals surface area contributed by atoms with Gasteiger partial charge >= 0.3 is 5.97 Å². The second kappa shape index (κ2) is 7.57. The van der Waals surface area contributed by atoms with Gasteiger partial charge in [0, 0.05) is 5.57 Å². The van der Waals surface area contributed by atoms with Crippen LogP contribution in [0.3, 0.4) is 0 Å². The molecule has 0 spiro atoms. The molecule has 2 aromatic rings. The number of nitrogens with one attached hydrogen (secondary N) is 1. The van der Waals surface area contributed by atoms with Crippen LogP contribution in [0, 0.1) is 5.82 Å². The number of aromatic nitrogens is 1. The number of allylic oxidation sites excluding steroid dienone is 2. The highest BCUT2D eigenvalue weighted by molar-refractivity contribution is 6.35. The van der Waals surface area contributed by atoms with Crippen molar-refractivity contribution in [2.45, 2.75) is 25.2 Å². The Kier molecular flexibility index (Phi) is 5.07. The molecule has 0 amide bonds. The van der Waals surface area contributed by atoms with E-state index >= 15 is 4.39 Å². The summed E-state index contributed by atoms with van der Waals surface area (Å²) >= 11 is 6.07. The summed E-state index contributed by atoms with van der Waals surface area (Å²) in [5.74, 6) is -1.87. The highest BCUT2D eigenvalue weighted by atomic mass is 35.5. The quantitative estimate of drug-likeness (QED) is 0.706. The Morgan fingerprint density at radius 1 is 1.33 bits per heavy atom. The molecule has 2 heterocycles. The summed E-state index contributed by atoms with van der Waals surface area (Å²) in [5, 5.41) is 2.53. The summed E-state index contributed by atoms with van der Waals surface area (Å²) in [6.45, 7) is 1.29. The highest BCUT2D eigenvalue weighted by Crippen LogP contribution is 2.43. The Balaban J connectivity index is 1.71. The van der Waals surface area contributed by atoms with Crippen LogP contribution in [0.5, 0.6) is 0 Å². The van der Waals surface area contributed by atoms with Crippen LogP contribution < -0.4 is 11.1 Å². The fraction of sp³-hybridized carbons (Fsp3) is 0.182. The normalized spacial score (nSPS) is 22.1. The molecule has 0 fully saturated rings. The lowest BCUT2D eigenvalue weighted by atomic mass is 9.80.